The lowest BCUT2D eigenvalue weighted by molar-refractivity contribution is 0.301. The first-order valence-corrected chi connectivity index (χ1v) is 8.28. The SMILES string of the molecule is CCC(CC)(CCl)CNS(=O)(=O)N1CCCC1. The van der Waals surface area contributed by atoms with E-state index >= 15 is 0 Å². The van der Waals surface area contributed by atoms with Gasteiger partial charge in [0, 0.05) is 25.5 Å². The lowest BCUT2D eigenvalue weighted by Gasteiger charge is -2.30. The van der Waals surface area contributed by atoms with Gasteiger partial charge in [-0.15, -0.1) is 11.6 Å². The van der Waals surface area contributed by atoms with Crippen molar-refractivity contribution in [1.29, 1.82) is 0 Å². The number of nitrogens with zero attached hydrogens (tertiary/aromatic N) is 1. The highest BCUT2D eigenvalue weighted by Crippen LogP contribution is 2.27. The van der Waals surface area contributed by atoms with Gasteiger partial charge in [0.15, 0.2) is 0 Å². The van der Waals surface area contributed by atoms with Crippen LogP contribution in [-0.4, -0.2) is 38.2 Å². The smallest absolute Gasteiger partial charge is 0.202 e. The van der Waals surface area contributed by atoms with Crippen molar-refractivity contribution in [3.05, 3.63) is 0 Å². The molecule has 1 aliphatic heterocycles. The van der Waals surface area contributed by atoms with Crippen molar-refractivity contribution in [3.63, 3.8) is 0 Å². The van der Waals surface area contributed by atoms with E-state index in [0.29, 0.717) is 25.5 Å². The second-order valence-corrected chi connectivity index (χ2v) is 6.80. The van der Waals surface area contributed by atoms with Crippen LogP contribution >= 0.6 is 11.6 Å². The average molecular weight is 283 g/mol. The van der Waals surface area contributed by atoms with Crippen LogP contribution in [0.3, 0.4) is 0 Å². The third-order valence-electron chi connectivity index (χ3n) is 3.82. The zero-order chi connectivity index (χ0) is 12.9. The van der Waals surface area contributed by atoms with Gasteiger partial charge >= 0.3 is 0 Å². The van der Waals surface area contributed by atoms with Gasteiger partial charge in [0.25, 0.3) is 10.2 Å². The van der Waals surface area contributed by atoms with E-state index in [0.717, 1.165) is 25.7 Å². The average Bonchev–Trinajstić information content (AvgIpc) is 2.86. The molecule has 0 aromatic rings. The Labute approximate surface area is 110 Å². The van der Waals surface area contributed by atoms with Crippen LogP contribution in [0.1, 0.15) is 39.5 Å². The van der Waals surface area contributed by atoms with E-state index in [1.165, 1.54) is 4.31 Å². The van der Waals surface area contributed by atoms with Crippen LogP contribution in [0.4, 0.5) is 0 Å². The van der Waals surface area contributed by atoms with Gasteiger partial charge in [-0.2, -0.15) is 12.7 Å². The summed E-state index contributed by atoms with van der Waals surface area (Å²) in [5, 5.41) is 0. The van der Waals surface area contributed by atoms with Crippen LogP contribution in [0.25, 0.3) is 0 Å². The molecule has 1 saturated heterocycles. The highest BCUT2D eigenvalue weighted by Gasteiger charge is 2.30. The second kappa shape index (κ2) is 6.36. The van der Waals surface area contributed by atoms with Crippen molar-refractivity contribution < 1.29 is 8.42 Å². The maximum atomic E-state index is 12.0. The summed E-state index contributed by atoms with van der Waals surface area (Å²) in [6.45, 7) is 5.82. The minimum Gasteiger partial charge on any atom is -0.202 e. The largest absolute Gasteiger partial charge is 0.279 e. The van der Waals surface area contributed by atoms with Gasteiger partial charge in [-0.3, -0.25) is 0 Å². The molecule has 0 spiro atoms. The van der Waals surface area contributed by atoms with E-state index in [1.807, 2.05) is 0 Å². The van der Waals surface area contributed by atoms with Gasteiger partial charge in [-0.05, 0) is 31.1 Å². The summed E-state index contributed by atoms with van der Waals surface area (Å²) in [6, 6.07) is 0. The monoisotopic (exact) mass is 282 g/mol. The van der Waals surface area contributed by atoms with Crippen molar-refractivity contribution in [3.8, 4) is 0 Å². The Morgan fingerprint density at radius 1 is 1.24 bits per heavy atom. The fourth-order valence-corrected chi connectivity index (χ4v) is 3.88. The van der Waals surface area contributed by atoms with Crippen LogP contribution < -0.4 is 4.72 Å². The fraction of sp³-hybridized carbons (Fsp3) is 1.00. The molecule has 102 valence electrons. The lowest BCUT2D eigenvalue weighted by atomic mass is 9.85. The first-order valence-electron chi connectivity index (χ1n) is 6.30. The molecule has 0 bridgehead atoms. The third kappa shape index (κ3) is 3.81. The molecule has 0 aromatic carbocycles. The zero-order valence-electron chi connectivity index (χ0n) is 10.7. The van der Waals surface area contributed by atoms with Gasteiger partial charge in [0.2, 0.25) is 0 Å². The van der Waals surface area contributed by atoms with E-state index < -0.39 is 10.2 Å². The molecule has 0 aliphatic carbocycles. The van der Waals surface area contributed by atoms with Gasteiger partial charge in [0.1, 0.15) is 0 Å². The summed E-state index contributed by atoms with van der Waals surface area (Å²) in [5.74, 6) is 0.489. The number of hydrogen-bond donors (Lipinski definition) is 1. The molecule has 0 radical (unpaired) electrons. The third-order valence-corrected chi connectivity index (χ3v) is 5.94. The number of halogens is 1. The minimum atomic E-state index is -3.30. The fourth-order valence-electron chi connectivity index (χ4n) is 2.00. The van der Waals surface area contributed by atoms with E-state index in [4.69, 9.17) is 11.6 Å². The highest BCUT2D eigenvalue weighted by molar-refractivity contribution is 7.87. The summed E-state index contributed by atoms with van der Waals surface area (Å²) in [4.78, 5) is 0. The Morgan fingerprint density at radius 2 is 1.76 bits per heavy atom. The second-order valence-electron chi connectivity index (χ2n) is 4.77. The molecule has 0 saturated carbocycles. The molecule has 1 aliphatic rings. The Hall–Kier alpha value is 0.160. The Bertz CT molecular complexity index is 314. The van der Waals surface area contributed by atoms with Gasteiger partial charge in [-0.25, -0.2) is 4.72 Å². The molecule has 1 rings (SSSR count). The molecule has 6 heteroatoms. The van der Waals surface area contributed by atoms with Crippen molar-refractivity contribution in [1.82, 2.24) is 9.03 Å². The molecule has 0 amide bonds. The number of nitrogens with one attached hydrogen (secondary N) is 1. The topological polar surface area (TPSA) is 49.4 Å². The summed E-state index contributed by atoms with van der Waals surface area (Å²) < 4.78 is 28.2. The van der Waals surface area contributed by atoms with Crippen LogP contribution in [0, 0.1) is 5.41 Å². The van der Waals surface area contributed by atoms with E-state index in [9.17, 15) is 8.42 Å². The summed E-state index contributed by atoms with van der Waals surface area (Å²) in [7, 11) is -3.30. The first kappa shape index (κ1) is 15.2. The van der Waals surface area contributed by atoms with Crippen LogP contribution in [-0.2, 0) is 10.2 Å². The van der Waals surface area contributed by atoms with Gasteiger partial charge in [-0.1, -0.05) is 13.8 Å². The van der Waals surface area contributed by atoms with Gasteiger partial charge in [0.05, 0.1) is 0 Å². The van der Waals surface area contributed by atoms with Crippen molar-refractivity contribution in [2.24, 2.45) is 5.41 Å². The summed E-state index contributed by atoms with van der Waals surface area (Å²) >= 11 is 5.96. The van der Waals surface area contributed by atoms with E-state index in [2.05, 4.69) is 18.6 Å². The minimum absolute atomic E-state index is 0.117. The quantitative estimate of drug-likeness (QED) is 0.726. The summed E-state index contributed by atoms with van der Waals surface area (Å²) in [6.07, 6.45) is 3.69. The Balaban J connectivity index is 2.59. The number of hydrogen-bond acceptors (Lipinski definition) is 2. The van der Waals surface area contributed by atoms with Crippen molar-refractivity contribution in [2.45, 2.75) is 39.5 Å². The molecule has 0 atom stereocenters. The maximum absolute atomic E-state index is 12.0. The van der Waals surface area contributed by atoms with E-state index in [-0.39, 0.29) is 5.41 Å². The van der Waals surface area contributed by atoms with Gasteiger partial charge < -0.3 is 0 Å². The molecule has 1 N–H and O–H groups in total. The first-order chi connectivity index (χ1) is 7.99. The Morgan fingerprint density at radius 3 is 2.18 bits per heavy atom. The normalized spacial score (nSPS) is 18.8. The summed E-state index contributed by atoms with van der Waals surface area (Å²) in [5.41, 5.74) is -0.117. The molecule has 4 nitrogen and oxygen atoms in total. The maximum Gasteiger partial charge on any atom is 0.279 e. The standard InChI is InChI=1S/C11H23ClN2O2S/c1-3-11(4-2,9-12)10-13-17(15,16)14-7-5-6-8-14/h13H,3-10H2,1-2H3. The number of alkyl halides is 1. The molecular weight excluding hydrogens is 260 g/mol. The molecule has 0 unspecified atom stereocenters. The number of rotatable bonds is 7. The zero-order valence-corrected chi connectivity index (χ0v) is 12.3. The molecule has 1 heterocycles. The molecule has 0 aromatic heterocycles. The van der Waals surface area contributed by atoms with Crippen LogP contribution in [0.2, 0.25) is 0 Å². The predicted octanol–water partition coefficient (Wildman–Crippen LogP) is 1.96. The van der Waals surface area contributed by atoms with Crippen LogP contribution in [0.5, 0.6) is 0 Å². The highest BCUT2D eigenvalue weighted by atomic mass is 35.5. The van der Waals surface area contributed by atoms with E-state index in [1.54, 1.807) is 0 Å². The predicted molar refractivity (Wildman–Crippen MR) is 71.5 cm³/mol. The lowest BCUT2D eigenvalue weighted by Crippen LogP contribution is -2.44. The molecular formula is C11H23ClN2O2S. The van der Waals surface area contributed by atoms with Crippen molar-refractivity contribution in [2.75, 3.05) is 25.5 Å². The van der Waals surface area contributed by atoms with Crippen molar-refractivity contribution >= 4 is 21.8 Å². The Kier molecular flexibility index (Phi) is 5.70. The molecule has 17 heavy (non-hydrogen) atoms. The van der Waals surface area contributed by atoms with Crippen LogP contribution in [0.15, 0.2) is 0 Å². The molecule has 1 fully saturated rings.